The molecular weight excluding hydrogens is 365 g/mol. The fraction of sp³-hybridized carbons (Fsp3) is 0.438. The highest BCUT2D eigenvalue weighted by Crippen LogP contribution is 2.30. The Morgan fingerprint density at radius 1 is 1.28 bits per heavy atom. The van der Waals surface area contributed by atoms with Crippen molar-refractivity contribution in [2.24, 2.45) is 0 Å². The number of aromatic nitrogens is 2. The van der Waals surface area contributed by atoms with Crippen molar-refractivity contribution in [3.8, 4) is 0 Å². The van der Waals surface area contributed by atoms with Crippen LogP contribution in [0.25, 0.3) is 0 Å². The van der Waals surface area contributed by atoms with Gasteiger partial charge in [-0.05, 0) is 31.0 Å². The maximum Gasteiger partial charge on any atom is 0.325 e. The van der Waals surface area contributed by atoms with Crippen molar-refractivity contribution >= 4 is 44.9 Å². The van der Waals surface area contributed by atoms with Crippen molar-refractivity contribution < 1.29 is 9.18 Å². The first-order valence-electron chi connectivity index (χ1n) is 8.12. The number of urea groups is 1. The molecule has 9 heteroatoms. The van der Waals surface area contributed by atoms with Crippen molar-refractivity contribution in [3.05, 3.63) is 29.0 Å². The summed E-state index contributed by atoms with van der Waals surface area (Å²) in [6.45, 7) is 0. The van der Waals surface area contributed by atoms with Crippen LogP contribution >= 0.6 is 22.9 Å². The lowest BCUT2D eigenvalue weighted by Crippen LogP contribution is -2.33. The van der Waals surface area contributed by atoms with Gasteiger partial charge in [0.1, 0.15) is 5.82 Å². The van der Waals surface area contributed by atoms with Gasteiger partial charge in [0.15, 0.2) is 0 Å². The molecule has 134 valence electrons. The van der Waals surface area contributed by atoms with Gasteiger partial charge in [0.05, 0.1) is 5.02 Å². The number of benzene rings is 1. The van der Waals surface area contributed by atoms with Crippen molar-refractivity contribution in [2.45, 2.75) is 38.1 Å². The number of amides is 2. The Kier molecular flexibility index (Phi) is 5.70. The van der Waals surface area contributed by atoms with Crippen LogP contribution in [0.2, 0.25) is 5.02 Å². The zero-order valence-corrected chi connectivity index (χ0v) is 15.3. The van der Waals surface area contributed by atoms with Gasteiger partial charge in [0.2, 0.25) is 10.3 Å². The van der Waals surface area contributed by atoms with Crippen LogP contribution in [0.4, 0.5) is 25.1 Å². The summed E-state index contributed by atoms with van der Waals surface area (Å²) >= 11 is 7.02. The molecule has 0 unspecified atom stereocenters. The third-order valence-electron chi connectivity index (χ3n) is 4.24. The number of hydrogen-bond donors (Lipinski definition) is 2. The van der Waals surface area contributed by atoms with Crippen LogP contribution in [0.15, 0.2) is 18.2 Å². The third-order valence-corrected chi connectivity index (χ3v) is 5.46. The van der Waals surface area contributed by atoms with Crippen LogP contribution < -0.4 is 15.5 Å². The van der Waals surface area contributed by atoms with E-state index in [1.54, 1.807) is 0 Å². The molecule has 1 aromatic heterocycles. The van der Waals surface area contributed by atoms with Crippen LogP contribution in [0.3, 0.4) is 0 Å². The summed E-state index contributed by atoms with van der Waals surface area (Å²) in [5, 5.41) is 14.5. The molecule has 0 atom stereocenters. The largest absolute Gasteiger partial charge is 0.347 e. The van der Waals surface area contributed by atoms with Crippen LogP contribution in [0, 0.1) is 5.82 Å². The minimum absolute atomic E-state index is 0.0508. The highest BCUT2D eigenvalue weighted by molar-refractivity contribution is 7.19. The van der Waals surface area contributed by atoms with Gasteiger partial charge in [-0.25, -0.2) is 9.18 Å². The highest BCUT2D eigenvalue weighted by Gasteiger charge is 2.21. The second-order valence-corrected chi connectivity index (χ2v) is 7.36. The third kappa shape index (κ3) is 4.58. The maximum atomic E-state index is 13.1. The van der Waals surface area contributed by atoms with Gasteiger partial charge in [-0.2, -0.15) is 0 Å². The molecule has 1 aliphatic rings. The first-order chi connectivity index (χ1) is 12.0. The summed E-state index contributed by atoms with van der Waals surface area (Å²) in [4.78, 5) is 14.2. The van der Waals surface area contributed by atoms with Crippen LogP contribution in [0.5, 0.6) is 0 Å². The number of hydrogen-bond acceptors (Lipinski definition) is 5. The second-order valence-electron chi connectivity index (χ2n) is 6.00. The summed E-state index contributed by atoms with van der Waals surface area (Å²) in [5.74, 6) is -0.535. The van der Waals surface area contributed by atoms with Crippen molar-refractivity contribution in [2.75, 3.05) is 22.6 Å². The Bertz CT molecular complexity index is 750. The van der Waals surface area contributed by atoms with Gasteiger partial charge in [-0.15, -0.1) is 10.2 Å². The minimum atomic E-state index is -0.535. The van der Waals surface area contributed by atoms with Crippen molar-refractivity contribution in [1.82, 2.24) is 10.2 Å². The van der Waals surface area contributed by atoms with E-state index in [4.69, 9.17) is 11.6 Å². The molecule has 0 aliphatic heterocycles. The Morgan fingerprint density at radius 3 is 2.76 bits per heavy atom. The lowest BCUT2D eigenvalue weighted by Gasteiger charge is -2.30. The number of nitrogens with zero attached hydrogens (tertiary/aromatic N) is 3. The molecule has 2 N–H and O–H groups in total. The van der Waals surface area contributed by atoms with E-state index in [2.05, 4.69) is 25.7 Å². The van der Waals surface area contributed by atoms with Crippen LogP contribution in [0.1, 0.15) is 32.1 Å². The quantitative estimate of drug-likeness (QED) is 0.799. The average Bonchev–Trinajstić information content (AvgIpc) is 3.06. The Morgan fingerprint density at radius 2 is 2.04 bits per heavy atom. The van der Waals surface area contributed by atoms with Gasteiger partial charge < -0.3 is 10.2 Å². The molecule has 0 saturated heterocycles. The predicted molar refractivity (Wildman–Crippen MR) is 99.2 cm³/mol. The number of rotatable bonds is 4. The van der Waals surface area contributed by atoms with Crippen LogP contribution in [-0.4, -0.2) is 29.3 Å². The van der Waals surface area contributed by atoms with E-state index < -0.39 is 11.8 Å². The van der Waals surface area contributed by atoms with E-state index in [-0.39, 0.29) is 5.02 Å². The van der Waals surface area contributed by atoms with Gasteiger partial charge in [-0.3, -0.25) is 5.32 Å². The van der Waals surface area contributed by atoms with Crippen molar-refractivity contribution in [1.29, 1.82) is 0 Å². The van der Waals surface area contributed by atoms with E-state index in [0.717, 1.165) is 18.0 Å². The summed E-state index contributed by atoms with van der Waals surface area (Å²) in [7, 11) is 2.01. The molecular formula is C16H19ClFN5OS. The molecule has 6 nitrogen and oxygen atoms in total. The van der Waals surface area contributed by atoms with E-state index >= 15 is 0 Å². The zero-order valence-electron chi connectivity index (χ0n) is 13.8. The molecule has 1 saturated carbocycles. The first-order valence-corrected chi connectivity index (χ1v) is 9.32. The molecule has 3 rings (SSSR count). The molecule has 1 fully saturated rings. The lowest BCUT2D eigenvalue weighted by atomic mass is 9.95. The van der Waals surface area contributed by atoms with Gasteiger partial charge >= 0.3 is 6.03 Å². The summed E-state index contributed by atoms with van der Waals surface area (Å²) in [6.07, 6.45) is 6.08. The SMILES string of the molecule is CN(c1nnc(NC(=O)Nc2ccc(F)c(Cl)c2)s1)C1CCCCC1. The van der Waals surface area contributed by atoms with E-state index in [1.807, 2.05) is 7.05 Å². The summed E-state index contributed by atoms with van der Waals surface area (Å²) in [5.41, 5.74) is 0.396. The number of carbonyl (C=O) groups excluding carboxylic acids is 1. The highest BCUT2D eigenvalue weighted by atomic mass is 35.5. The number of halogens is 2. The van der Waals surface area contributed by atoms with Gasteiger partial charge in [-0.1, -0.05) is 42.2 Å². The fourth-order valence-corrected chi connectivity index (χ4v) is 3.82. The number of nitrogens with one attached hydrogen (secondary N) is 2. The predicted octanol–water partition coefficient (Wildman–Crippen LogP) is 4.74. The molecule has 0 spiro atoms. The Hall–Kier alpha value is -1.93. The Labute approximate surface area is 154 Å². The minimum Gasteiger partial charge on any atom is -0.347 e. The lowest BCUT2D eigenvalue weighted by molar-refractivity contribution is 0.262. The molecule has 1 aromatic carbocycles. The molecule has 2 aromatic rings. The average molecular weight is 384 g/mol. The number of carbonyl (C=O) groups is 1. The molecule has 0 radical (unpaired) electrons. The van der Waals surface area contributed by atoms with Crippen molar-refractivity contribution in [3.63, 3.8) is 0 Å². The summed E-state index contributed by atoms with van der Waals surface area (Å²) < 4.78 is 13.1. The van der Waals surface area contributed by atoms with Gasteiger partial charge in [0, 0.05) is 18.8 Å². The maximum absolute atomic E-state index is 13.1. The Balaban J connectivity index is 1.58. The monoisotopic (exact) mass is 383 g/mol. The van der Waals surface area contributed by atoms with E-state index in [9.17, 15) is 9.18 Å². The molecule has 1 aliphatic carbocycles. The van der Waals surface area contributed by atoms with Gasteiger partial charge in [0.25, 0.3) is 0 Å². The molecule has 1 heterocycles. The summed E-state index contributed by atoms with van der Waals surface area (Å²) in [6, 6.07) is 3.97. The molecule has 25 heavy (non-hydrogen) atoms. The van der Waals surface area contributed by atoms with Crippen LogP contribution in [-0.2, 0) is 0 Å². The topological polar surface area (TPSA) is 70.2 Å². The van der Waals surface area contributed by atoms with E-state index in [1.165, 1.54) is 48.8 Å². The molecule has 0 bridgehead atoms. The fourth-order valence-electron chi connectivity index (χ4n) is 2.87. The number of anilines is 3. The first kappa shape index (κ1) is 17.9. The normalized spacial score (nSPS) is 15.0. The van der Waals surface area contributed by atoms with E-state index in [0.29, 0.717) is 16.9 Å². The smallest absolute Gasteiger partial charge is 0.325 e. The molecule has 2 amide bonds. The second kappa shape index (κ2) is 7.97. The standard InChI is InChI=1S/C16H19ClFN5OS/c1-23(11-5-3-2-4-6-11)16-22-21-15(25-16)20-14(24)19-10-7-8-13(18)12(17)9-10/h7-9,11H,2-6H2,1H3,(H2,19,20,21,24). The zero-order chi connectivity index (χ0) is 17.8.